The number of nitrogens with zero attached hydrogens (tertiary/aromatic N) is 1. The summed E-state index contributed by atoms with van der Waals surface area (Å²) >= 11 is 0. The fraction of sp³-hybridized carbons (Fsp3) is 0.304. The zero-order valence-electron chi connectivity index (χ0n) is 16.7. The molecule has 0 aliphatic carbocycles. The first-order chi connectivity index (χ1) is 14.0. The lowest BCUT2D eigenvalue weighted by atomic mass is 10.1. The highest BCUT2D eigenvalue weighted by Gasteiger charge is 2.20. The summed E-state index contributed by atoms with van der Waals surface area (Å²) in [6.45, 7) is 5.99. The summed E-state index contributed by atoms with van der Waals surface area (Å²) in [5.41, 5.74) is 3.09. The average Bonchev–Trinajstić information content (AvgIpc) is 3.31. The van der Waals surface area contributed by atoms with Crippen LogP contribution >= 0.6 is 0 Å². The summed E-state index contributed by atoms with van der Waals surface area (Å²) in [4.78, 5) is 12.3. The third-order valence-corrected chi connectivity index (χ3v) is 4.55. The maximum absolute atomic E-state index is 12.3. The second-order valence-electron chi connectivity index (χ2n) is 7.40. The van der Waals surface area contributed by atoms with Crippen LogP contribution in [0.15, 0.2) is 53.1 Å². The van der Waals surface area contributed by atoms with Crippen molar-refractivity contribution in [1.82, 2.24) is 5.16 Å². The lowest BCUT2D eigenvalue weighted by Gasteiger charge is -2.09. The predicted octanol–water partition coefficient (Wildman–Crippen LogP) is 4.81. The van der Waals surface area contributed by atoms with Gasteiger partial charge >= 0.3 is 5.97 Å². The molecule has 0 radical (unpaired) electrons. The van der Waals surface area contributed by atoms with Crippen LogP contribution in [0.4, 0.5) is 0 Å². The predicted molar refractivity (Wildman–Crippen MR) is 107 cm³/mol. The van der Waals surface area contributed by atoms with Gasteiger partial charge < -0.3 is 18.7 Å². The smallest absolute Gasteiger partial charge is 0.338 e. The zero-order valence-corrected chi connectivity index (χ0v) is 16.7. The SMILES string of the molecule is CC(C)Oc1ccc(C(=O)OCc2cc(-c3ccc4c(c3)CC(C)O4)on2)cc1. The van der Waals surface area contributed by atoms with Gasteiger partial charge in [-0.05, 0) is 68.8 Å². The van der Waals surface area contributed by atoms with E-state index in [9.17, 15) is 4.79 Å². The van der Waals surface area contributed by atoms with Crippen molar-refractivity contribution in [2.75, 3.05) is 0 Å². The molecule has 1 atom stereocenters. The topological polar surface area (TPSA) is 70.8 Å². The van der Waals surface area contributed by atoms with Crippen LogP contribution in [0.25, 0.3) is 11.3 Å². The van der Waals surface area contributed by atoms with Gasteiger partial charge in [-0.1, -0.05) is 5.16 Å². The van der Waals surface area contributed by atoms with Crippen molar-refractivity contribution in [3.63, 3.8) is 0 Å². The standard InChI is InChI=1S/C23H23NO5/c1-14(2)27-20-7-4-16(5-8-20)23(25)26-13-19-12-22(29-24-19)17-6-9-21-18(11-17)10-15(3)28-21/h4-9,11-12,14-15H,10,13H2,1-3H3. The molecule has 1 unspecified atom stereocenters. The Bertz CT molecular complexity index is 1010. The van der Waals surface area contributed by atoms with Crippen molar-refractivity contribution in [2.45, 2.75) is 46.0 Å². The van der Waals surface area contributed by atoms with Gasteiger partial charge in [-0.2, -0.15) is 0 Å². The van der Waals surface area contributed by atoms with Gasteiger partial charge in [0.05, 0.1) is 11.7 Å². The van der Waals surface area contributed by atoms with Crippen molar-refractivity contribution in [1.29, 1.82) is 0 Å². The molecule has 150 valence electrons. The van der Waals surface area contributed by atoms with Crippen molar-refractivity contribution in [3.05, 3.63) is 65.4 Å². The number of carbonyl (C=O) groups is 1. The van der Waals surface area contributed by atoms with Crippen LogP contribution in [0.1, 0.15) is 42.4 Å². The van der Waals surface area contributed by atoms with E-state index in [-0.39, 0.29) is 18.8 Å². The minimum Gasteiger partial charge on any atom is -0.491 e. The average molecular weight is 393 g/mol. The number of benzene rings is 2. The van der Waals surface area contributed by atoms with Crippen LogP contribution in [-0.4, -0.2) is 23.3 Å². The Morgan fingerprint density at radius 2 is 1.97 bits per heavy atom. The molecule has 1 aromatic heterocycles. The quantitative estimate of drug-likeness (QED) is 0.560. The molecule has 3 aromatic rings. The van der Waals surface area contributed by atoms with E-state index in [2.05, 4.69) is 11.2 Å². The van der Waals surface area contributed by atoms with E-state index < -0.39 is 5.97 Å². The first kappa shape index (κ1) is 19.1. The van der Waals surface area contributed by atoms with Gasteiger partial charge in [0.25, 0.3) is 0 Å². The lowest BCUT2D eigenvalue weighted by molar-refractivity contribution is 0.0464. The Hall–Kier alpha value is -3.28. The van der Waals surface area contributed by atoms with Crippen molar-refractivity contribution in [2.24, 2.45) is 0 Å². The minimum absolute atomic E-state index is 0.0393. The van der Waals surface area contributed by atoms with Crippen LogP contribution in [-0.2, 0) is 17.8 Å². The molecule has 6 nitrogen and oxygen atoms in total. The molecule has 1 aliphatic rings. The van der Waals surface area contributed by atoms with E-state index in [0.29, 0.717) is 22.8 Å². The number of fused-ring (bicyclic) bond motifs is 1. The summed E-state index contributed by atoms with van der Waals surface area (Å²) < 4.78 is 22.1. The maximum atomic E-state index is 12.3. The van der Waals surface area contributed by atoms with Crippen molar-refractivity contribution in [3.8, 4) is 22.8 Å². The lowest BCUT2D eigenvalue weighted by Crippen LogP contribution is -2.07. The molecule has 0 saturated heterocycles. The summed E-state index contributed by atoms with van der Waals surface area (Å²) in [6.07, 6.45) is 1.15. The molecule has 0 spiro atoms. The molecule has 0 bridgehead atoms. The van der Waals surface area contributed by atoms with Gasteiger partial charge in [0, 0.05) is 18.1 Å². The first-order valence-corrected chi connectivity index (χ1v) is 9.67. The Kier molecular flexibility index (Phi) is 5.25. The van der Waals surface area contributed by atoms with E-state index in [4.69, 9.17) is 18.7 Å². The van der Waals surface area contributed by atoms with E-state index in [1.165, 1.54) is 0 Å². The largest absolute Gasteiger partial charge is 0.491 e. The highest BCUT2D eigenvalue weighted by atomic mass is 16.5. The normalized spacial score (nSPS) is 15.1. The fourth-order valence-electron chi connectivity index (χ4n) is 3.26. The van der Waals surface area contributed by atoms with E-state index >= 15 is 0 Å². The Morgan fingerprint density at radius 3 is 2.72 bits per heavy atom. The Morgan fingerprint density at radius 1 is 1.17 bits per heavy atom. The van der Waals surface area contributed by atoms with E-state index in [1.54, 1.807) is 30.3 Å². The number of hydrogen-bond acceptors (Lipinski definition) is 6. The van der Waals surface area contributed by atoms with E-state index in [1.807, 2.05) is 32.9 Å². The second kappa shape index (κ2) is 7.99. The van der Waals surface area contributed by atoms with Crippen molar-refractivity contribution >= 4 is 5.97 Å². The van der Waals surface area contributed by atoms with E-state index in [0.717, 1.165) is 23.3 Å². The molecule has 0 saturated carbocycles. The molecule has 29 heavy (non-hydrogen) atoms. The zero-order chi connectivity index (χ0) is 20.4. The molecule has 1 aliphatic heterocycles. The number of hydrogen-bond donors (Lipinski definition) is 0. The van der Waals surface area contributed by atoms with Gasteiger partial charge in [0.1, 0.15) is 29.9 Å². The van der Waals surface area contributed by atoms with Gasteiger partial charge in [-0.3, -0.25) is 0 Å². The Labute approximate surface area is 169 Å². The molecular formula is C23H23NO5. The van der Waals surface area contributed by atoms with Crippen LogP contribution in [0.2, 0.25) is 0 Å². The third-order valence-electron chi connectivity index (χ3n) is 4.55. The molecule has 2 aromatic carbocycles. The fourth-order valence-corrected chi connectivity index (χ4v) is 3.26. The molecule has 0 N–H and O–H groups in total. The molecule has 4 rings (SSSR count). The number of esters is 1. The molecular weight excluding hydrogens is 370 g/mol. The molecule has 0 amide bonds. The van der Waals surface area contributed by atoms with Gasteiger partial charge in [-0.15, -0.1) is 0 Å². The van der Waals surface area contributed by atoms with Crippen LogP contribution < -0.4 is 9.47 Å². The first-order valence-electron chi connectivity index (χ1n) is 9.67. The second-order valence-corrected chi connectivity index (χ2v) is 7.40. The molecule has 2 heterocycles. The number of aromatic nitrogens is 1. The summed E-state index contributed by atoms with van der Waals surface area (Å²) in [5, 5.41) is 4.01. The molecule has 0 fully saturated rings. The van der Waals surface area contributed by atoms with Crippen LogP contribution in [0, 0.1) is 0 Å². The van der Waals surface area contributed by atoms with Crippen molar-refractivity contribution < 1.29 is 23.5 Å². The van der Waals surface area contributed by atoms with Crippen LogP contribution in [0.3, 0.4) is 0 Å². The minimum atomic E-state index is -0.422. The number of carbonyl (C=O) groups excluding carboxylic acids is 1. The Balaban J connectivity index is 1.37. The summed E-state index contributed by atoms with van der Waals surface area (Å²) in [5.74, 6) is 1.84. The van der Waals surface area contributed by atoms with Gasteiger partial charge in [0.2, 0.25) is 0 Å². The number of ether oxygens (including phenoxy) is 3. The maximum Gasteiger partial charge on any atom is 0.338 e. The highest BCUT2D eigenvalue weighted by molar-refractivity contribution is 5.89. The third kappa shape index (κ3) is 4.42. The van der Waals surface area contributed by atoms with Gasteiger partial charge in [-0.25, -0.2) is 4.79 Å². The van der Waals surface area contributed by atoms with Crippen LogP contribution in [0.5, 0.6) is 11.5 Å². The van der Waals surface area contributed by atoms with Gasteiger partial charge in [0.15, 0.2) is 5.76 Å². The monoisotopic (exact) mass is 393 g/mol. The number of rotatable bonds is 6. The summed E-state index contributed by atoms with van der Waals surface area (Å²) in [7, 11) is 0. The highest BCUT2D eigenvalue weighted by Crippen LogP contribution is 2.33. The summed E-state index contributed by atoms with van der Waals surface area (Å²) in [6, 6.07) is 14.6. The molecule has 6 heteroatoms.